The summed E-state index contributed by atoms with van der Waals surface area (Å²) in [4.78, 5) is 21.5. The van der Waals surface area contributed by atoms with E-state index in [1.807, 2.05) is 0 Å². The Morgan fingerprint density at radius 3 is 2.62 bits per heavy atom. The van der Waals surface area contributed by atoms with E-state index in [0.29, 0.717) is 0 Å². The van der Waals surface area contributed by atoms with Gasteiger partial charge in [-0.05, 0) is 6.08 Å². The van der Waals surface area contributed by atoms with Crippen molar-refractivity contribution in [2.24, 2.45) is 0 Å². The van der Waals surface area contributed by atoms with Crippen molar-refractivity contribution in [2.45, 2.75) is 12.0 Å². The molecule has 0 heterocycles. The van der Waals surface area contributed by atoms with Gasteiger partial charge in [-0.25, -0.2) is 4.79 Å². The van der Waals surface area contributed by atoms with Gasteiger partial charge in [-0.1, -0.05) is 0 Å². The quantitative estimate of drug-likeness (QED) is 0.431. The topological polar surface area (TPSA) is 98.9 Å². The number of esters is 1. The zero-order chi connectivity index (χ0) is 12.3. The SMILES string of the molecule is COC(=O)C1([N+](=O)[O-])C=C(O)C(OC)=CC1. The predicted octanol–water partition coefficient (Wildman–Crippen LogP) is 0.551. The fourth-order valence-corrected chi connectivity index (χ4v) is 1.42. The van der Waals surface area contributed by atoms with Gasteiger partial charge in [0.2, 0.25) is 0 Å². The molecular weight excluding hydrogens is 218 g/mol. The maximum Gasteiger partial charge on any atom is 0.389 e. The molecule has 1 atom stereocenters. The van der Waals surface area contributed by atoms with E-state index in [2.05, 4.69) is 4.74 Å². The number of aliphatic hydroxyl groups is 1. The zero-order valence-electron chi connectivity index (χ0n) is 8.80. The van der Waals surface area contributed by atoms with Gasteiger partial charge in [0.15, 0.2) is 11.5 Å². The molecule has 88 valence electrons. The molecule has 0 bridgehead atoms. The van der Waals surface area contributed by atoms with Crippen LogP contribution in [0, 0.1) is 10.1 Å². The lowest BCUT2D eigenvalue weighted by molar-refractivity contribution is -0.540. The maximum absolute atomic E-state index is 11.4. The molecule has 7 nitrogen and oxygen atoms in total. The van der Waals surface area contributed by atoms with E-state index < -0.39 is 22.2 Å². The molecule has 0 fully saturated rings. The molecule has 0 aromatic heterocycles. The normalized spacial score (nSPS) is 24.1. The van der Waals surface area contributed by atoms with E-state index >= 15 is 0 Å². The molecule has 0 saturated heterocycles. The van der Waals surface area contributed by atoms with Crippen LogP contribution in [0.4, 0.5) is 0 Å². The van der Waals surface area contributed by atoms with E-state index in [4.69, 9.17) is 4.74 Å². The molecular formula is C9H11NO6. The van der Waals surface area contributed by atoms with Crippen molar-refractivity contribution in [3.8, 4) is 0 Å². The molecule has 0 radical (unpaired) electrons. The Bertz CT molecular complexity index is 385. The van der Waals surface area contributed by atoms with Gasteiger partial charge in [-0.3, -0.25) is 10.1 Å². The van der Waals surface area contributed by atoms with E-state index in [1.165, 1.54) is 13.2 Å². The number of methoxy groups -OCH3 is 2. The summed E-state index contributed by atoms with van der Waals surface area (Å²) in [6.07, 6.45) is 1.88. The van der Waals surface area contributed by atoms with Crippen LogP contribution in [0.25, 0.3) is 0 Å². The summed E-state index contributed by atoms with van der Waals surface area (Å²) in [5.74, 6) is -1.38. The number of nitro groups is 1. The highest BCUT2D eigenvalue weighted by Crippen LogP contribution is 2.29. The van der Waals surface area contributed by atoms with Crippen molar-refractivity contribution in [1.29, 1.82) is 0 Å². The third-order valence-electron chi connectivity index (χ3n) is 2.31. The third kappa shape index (κ3) is 1.71. The minimum Gasteiger partial charge on any atom is -0.504 e. The van der Waals surface area contributed by atoms with Crippen molar-refractivity contribution in [3.05, 3.63) is 33.8 Å². The molecule has 1 unspecified atom stereocenters. The van der Waals surface area contributed by atoms with E-state index in [0.717, 1.165) is 13.2 Å². The third-order valence-corrected chi connectivity index (χ3v) is 2.31. The second-order valence-corrected chi connectivity index (χ2v) is 3.18. The summed E-state index contributed by atoms with van der Waals surface area (Å²) >= 11 is 0. The second kappa shape index (κ2) is 4.21. The number of ether oxygens (including phenoxy) is 2. The van der Waals surface area contributed by atoms with Crippen LogP contribution in [0.15, 0.2) is 23.7 Å². The number of rotatable bonds is 3. The lowest BCUT2D eigenvalue weighted by atomic mass is 9.90. The van der Waals surface area contributed by atoms with Gasteiger partial charge in [0, 0.05) is 11.0 Å². The summed E-state index contributed by atoms with van der Waals surface area (Å²) in [5, 5.41) is 20.3. The predicted molar refractivity (Wildman–Crippen MR) is 52.2 cm³/mol. The molecule has 0 aromatic carbocycles. The summed E-state index contributed by atoms with van der Waals surface area (Å²) < 4.78 is 9.12. The first kappa shape index (κ1) is 12.0. The van der Waals surface area contributed by atoms with Gasteiger partial charge >= 0.3 is 11.5 Å². The van der Waals surface area contributed by atoms with Crippen LogP contribution in [-0.2, 0) is 14.3 Å². The molecule has 0 spiro atoms. The molecule has 16 heavy (non-hydrogen) atoms. The Hall–Kier alpha value is -2.05. The molecule has 0 aromatic rings. The van der Waals surface area contributed by atoms with E-state index in [1.54, 1.807) is 0 Å². The number of nitrogens with zero attached hydrogens (tertiary/aromatic N) is 1. The Labute approximate surface area is 91.1 Å². The standard InChI is InChI=1S/C9H11NO6/c1-15-7-3-4-9(10(13)14,5-6(7)11)8(12)16-2/h3,5,11H,4H2,1-2H3. The smallest absolute Gasteiger partial charge is 0.389 e. The lowest BCUT2D eigenvalue weighted by Crippen LogP contribution is -2.46. The summed E-state index contributed by atoms with van der Waals surface area (Å²) in [5.41, 5.74) is -2.07. The van der Waals surface area contributed by atoms with Crippen LogP contribution in [0.2, 0.25) is 0 Å². The van der Waals surface area contributed by atoms with Crippen molar-refractivity contribution < 1.29 is 24.3 Å². The van der Waals surface area contributed by atoms with Crippen LogP contribution < -0.4 is 0 Å². The summed E-state index contributed by atoms with van der Waals surface area (Å²) in [6, 6.07) is 0. The first-order valence-electron chi connectivity index (χ1n) is 4.37. The second-order valence-electron chi connectivity index (χ2n) is 3.18. The Balaban J connectivity index is 3.16. The van der Waals surface area contributed by atoms with Gasteiger partial charge < -0.3 is 14.6 Å². The van der Waals surface area contributed by atoms with Crippen molar-refractivity contribution >= 4 is 5.97 Å². The van der Waals surface area contributed by atoms with Crippen LogP contribution in [-0.4, -0.2) is 35.8 Å². The van der Waals surface area contributed by atoms with Gasteiger partial charge in [0.25, 0.3) is 0 Å². The molecule has 1 aliphatic carbocycles. The minimum absolute atomic E-state index is 0.0985. The highest BCUT2D eigenvalue weighted by atomic mass is 16.6. The molecule has 1 rings (SSSR count). The highest BCUT2D eigenvalue weighted by Gasteiger charge is 2.52. The molecule has 1 aliphatic rings. The van der Waals surface area contributed by atoms with Crippen molar-refractivity contribution in [2.75, 3.05) is 14.2 Å². The summed E-state index contributed by atoms with van der Waals surface area (Å²) in [7, 11) is 2.36. The number of carbonyl (C=O) groups excluding carboxylic acids is 1. The van der Waals surface area contributed by atoms with Crippen LogP contribution in [0.3, 0.4) is 0 Å². The van der Waals surface area contributed by atoms with Crippen molar-refractivity contribution in [1.82, 2.24) is 0 Å². The minimum atomic E-state index is -2.07. The maximum atomic E-state index is 11.4. The van der Waals surface area contributed by atoms with Gasteiger partial charge in [0.1, 0.15) is 0 Å². The van der Waals surface area contributed by atoms with Gasteiger partial charge in [-0.15, -0.1) is 0 Å². The van der Waals surface area contributed by atoms with E-state index in [9.17, 15) is 20.0 Å². The monoisotopic (exact) mass is 229 g/mol. The number of carbonyl (C=O) groups is 1. The van der Waals surface area contributed by atoms with Crippen LogP contribution in [0.1, 0.15) is 6.42 Å². The van der Waals surface area contributed by atoms with Gasteiger partial charge in [0.05, 0.1) is 20.6 Å². The van der Waals surface area contributed by atoms with E-state index in [-0.39, 0.29) is 12.2 Å². The van der Waals surface area contributed by atoms with Crippen molar-refractivity contribution in [3.63, 3.8) is 0 Å². The van der Waals surface area contributed by atoms with Crippen LogP contribution >= 0.6 is 0 Å². The fraction of sp³-hybridized carbons (Fsp3) is 0.444. The summed E-state index contributed by atoms with van der Waals surface area (Å²) in [6.45, 7) is 0. The number of hydrogen-bond acceptors (Lipinski definition) is 6. The molecule has 0 aliphatic heterocycles. The highest BCUT2D eigenvalue weighted by molar-refractivity contribution is 5.82. The number of aliphatic hydroxyl groups excluding tert-OH is 1. The zero-order valence-corrected chi connectivity index (χ0v) is 8.80. The molecule has 0 amide bonds. The van der Waals surface area contributed by atoms with Gasteiger partial charge in [-0.2, -0.15) is 0 Å². The lowest BCUT2D eigenvalue weighted by Gasteiger charge is -2.22. The first-order chi connectivity index (χ1) is 7.47. The average molecular weight is 229 g/mol. The Morgan fingerprint density at radius 1 is 1.62 bits per heavy atom. The average Bonchev–Trinajstić information content (AvgIpc) is 2.27. The first-order valence-corrected chi connectivity index (χ1v) is 4.37. The largest absolute Gasteiger partial charge is 0.504 e. The Morgan fingerprint density at radius 2 is 2.25 bits per heavy atom. The fourth-order valence-electron chi connectivity index (χ4n) is 1.42. The molecule has 7 heteroatoms. The Kier molecular flexibility index (Phi) is 3.17. The molecule has 1 N–H and O–H groups in total. The molecule has 0 saturated carbocycles. The number of hydrogen-bond donors (Lipinski definition) is 1. The van der Waals surface area contributed by atoms with Crippen LogP contribution in [0.5, 0.6) is 0 Å².